The van der Waals surface area contributed by atoms with E-state index in [9.17, 15) is 0 Å². The molecular formula is C25H17N3. The van der Waals surface area contributed by atoms with Crippen molar-refractivity contribution in [2.45, 2.75) is 0 Å². The maximum Gasteiger partial charge on any atom is 0.117 e. The van der Waals surface area contributed by atoms with Gasteiger partial charge in [-0.25, -0.2) is 4.68 Å². The first-order chi connectivity index (χ1) is 13.9. The second-order valence-corrected chi connectivity index (χ2v) is 7.00. The Balaban J connectivity index is 1.78. The van der Waals surface area contributed by atoms with Gasteiger partial charge in [-0.1, -0.05) is 66.7 Å². The van der Waals surface area contributed by atoms with Crippen LogP contribution < -0.4 is 0 Å². The predicted molar refractivity (Wildman–Crippen MR) is 115 cm³/mol. The van der Waals surface area contributed by atoms with Crippen LogP contribution in [0.4, 0.5) is 0 Å². The molecular weight excluding hydrogens is 342 g/mol. The van der Waals surface area contributed by atoms with E-state index in [4.69, 9.17) is 5.10 Å². The zero-order valence-electron chi connectivity index (χ0n) is 15.2. The topological polar surface area (TPSA) is 22.8 Å². The van der Waals surface area contributed by atoms with Crippen LogP contribution in [0.2, 0.25) is 0 Å². The number of aromatic nitrogens is 3. The first-order valence-corrected chi connectivity index (χ1v) is 9.42. The SMILES string of the molecule is c1ccc(-n2cc3ccc4c5ccccc5n(-c5ccccc5)c4c3n2)cc1. The fourth-order valence-electron chi connectivity index (χ4n) is 4.09. The third kappa shape index (κ3) is 2.13. The van der Waals surface area contributed by atoms with Crippen LogP contribution >= 0.6 is 0 Å². The molecule has 3 heteroatoms. The van der Waals surface area contributed by atoms with E-state index in [-0.39, 0.29) is 0 Å². The molecule has 2 heterocycles. The van der Waals surface area contributed by atoms with Gasteiger partial charge in [0.25, 0.3) is 0 Å². The first kappa shape index (κ1) is 15.2. The molecule has 0 aliphatic heterocycles. The Morgan fingerprint density at radius 1 is 0.571 bits per heavy atom. The second kappa shape index (κ2) is 5.83. The van der Waals surface area contributed by atoms with Crippen molar-refractivity contribution in [3.63, 3.8) is 0 Å². The molecule has 132 valence electrons. The molecule has 6 rings (SSSR count). The van der Waals surface area contributed by atoms with Gasteiger partial charge in [0.1, 0.15) is 5.52 Å². The lowest BCUT2D eigenvalue weighted by Gasteiger charge is -2.07. The lowest BCUT2D eigenvalue weighted by molar-refractivity contribution is 0.897. The van der Waals surface area contributed by atoms with E-state index in [1.165, 1.54) is 16.3 Å². The highest BCUT2D eigenvalue weighted by Crippen LogP contribution is 2.36. The van der Waals surface area contributed by atoms with Gasteiger partial charge in [-0.3, -0.25) is 0 Å². The number of fused-ring (bicyclic) bond motifs is 5. The number of hydrogen-bond donors (Lipinski definition) is 0. The fourth-order valence-corrected chi connectivity index (χ4v) is 4.09. The van der Waals surface area contributed by atoms with Gasteiger partial charge in [0.05, 0.1) is 16.7 Å². The van der Waals surface area contributed by atoms with Crippen LogP contribution in [0.3, 0.4) is 0 Å². The van der Waals surface area contributed by atoms with Gasteiger partial charge in [-0.05, 0) is 30.3 Å². The van der Waals surface area contributed by atoms with Crippen molar-refractivity contribution < 1.29 is 0 Å². The van der Waals surface area contributed by atoms with Crippen molar-refractivity contribution in [2.75, 3.05) is 0 Å². The molecule has 28 heavy (non-hydrogen) atoms. The maximum absolute atomic E-state index is 4.99. The smallest absolute Gasteiger partial charge is 0.117 e. The summed E-state index contributed by atoms with van der Waals surface area (Å²) in [5.41, 5.74) is 5.58. The second-order valence-electron chi connectivity index (χ2n) is 7.00. The summed E-state index contributed by atoms with van der Waals surface area (Å²) in [4.78, 5) is 0. The summed E-state index contributed by atoms with van der Waals surface area (Å²) >= 11 is 0. The van der Waals surface area contributed by atoms with Crippen molar-refractivity contribution in [1.29, 1.82) is 0 Å². The van der Waals surface area contributed by atoms with E-state index in [0.717, 1.165) is 27.8 Å². The number of rotatable bonds is 2. The Morgan fingerprint density at radius 2 is 1.25 bits per heavy atom. The lowest BCUT2D eigenvalue weighted by atomic mass is 10.1. The third-order valence-corrected chi connectivity index (χ3v) is 5.35. The summed E-state index contributed by atoms with van der Waals surface area (Å²) in [7, 11) is 0. The van der Waals surface area contributed by atoms with Crippen LogP contribution in [0.25, 0.3) is 44.1 Å². The van der Waals surface area contributed by atoms with Gasteiger partial charge in [-0.2, -0.15) is 5.10 Å². The maximum atomic E-state index is 4.99. The number of nitrogens with zero attached hydrogens (tertiary/aromatic N) is 3. The fraction of sp³-hybridized carbons (Fsp3) is 0. The minimum Gasteiger partial charge on any atom is -0.307 e. The molecule has 0 unspecified atom stereocenters. The summed E-state index contributed by atoms with van der Waals surface area (Å²) in [6.07, 6.45) is 2.11. The Morgan fingerprint density at radius 3 is 2.04 bits per heavy atom. The van der Waals surface area contributed by atoms with Crippen molar-refractivity contribution in [2.24, 2.45) is 0 Å². The minimum absolute atomic E-state index is 1.02. The van der Waals surface area contributed by atoms with Crippen LogP contribution in [0.5, 0.6) is 0 Å². The van der Waals surface area contributed by atoms with E-state index in [1.807, 2.05) is 22.9 Å². The summed E-state index contributed by atoms with van der Waals surface area (Å²) in [6.45, 7) is 0. The monoisotopic (exact) mass is 359 g/mol. The van der Waals surface area contributed by atoms with Gasteiger partial charge in [-0.15, -0.1) is 0 Å². The molecule has 0 atom stereocenters. The molecule has 3 nitrogen and oxygen atoms in total. The molecule has 0 spiro atoms. The van der Waals surface area contributed by atoms with Crippen LogP contribution in [0.15, 0.2) is 103 Å². The van der Waals surface area contributed by atoms with E-state index in [1.54, 1.807) is 0 Å². The lowest BCUT2D eigenvalue weighted by Crippen LogP contribution is -1.95. The van der Waals surface area contributed by atoms with Crippen molar-refractivity contribution in [3.8, 4) is 11.4 Å². The summed E-state index contributed by atoms with van der Waals surface area (Å²) in [5.74, 6) is 0. The standard InChI is InChI=1S/C25H17N3/c1-3-9-19(10-4-1)27-17-18-15-16-22-21-13-7-8-14-23(21)28(25(22)24(18)26-27)20-11-5-2-6-12-20/h1-17H. The summed E-state index contributed by atoms with van der Waals surface area (Å²) < 4.78 is 4.30. The molecule has 6 aromatic rings. The quantitative estimate of drug-likeness (QED) is 0.365. The Kier molecular flexibility index (Phi) is 3.17. The summed E-state index contributed by atoms with van der Waals surface area (Å²) in [5, 5.41) is 8.60. The zero-order valence-corrected chi connectivity index (χ0v) is 15.2. The molecule has 0 saturated carbocycles. The van der Waals surface area contributed by atoms with Gasteiger partial charge < -0.3 is 4.57 Å². The van der Waals surface area contributed by atoms with Crippen molar-refractivity contribution in [1.82, 2.24) is 14.3 Å². The molecule has 0 saturated heterocycles. The predicted octanol–water partition coefficient (Wildman–Crippen LogP) is 6.12. The van der Waals surface area contributed by atoms with Crippen molar-refractivity contribution in [3.05, 3.63) is 103 Å². The first-order valence-electron chi connectivity index (χ1n) is 9.42. The van der Waals surface area contributed by atoms with Crippen LogP contribution in [-0.4, -0.2) is 14.3 Å². The van der Waals surface area contributed by atoms with Gasteiger partial charge >= 0.3 is 0 Å². The average Bonchev–Trinajstić information content (AvgIpc) is 3.34. The number of para-hydroxylation sites is 3. The number of benzene rings is 4. The van der Waals surface area contributed by atoms with Gasteiger partial charge in [0.2, 0.25) is 0 Å². The number of hydrogen-bond acceptors (Lipinski definition) is 1. The highest BCUT2D eigenvalue weighted by Gasteiger charge is 2.16. The van der Waals surface area contributed by atoms with Crippen LogP contribution in [0.1, 0.15) is 0 Å². The molecule has 4 aromatic carbocycles. The Labute approximate surface area is 162 Å². The van der Waals surface area contributed by atoms with E-state index >= 15 is 0 Å². The molecule has 0 radical (unpaired) electrons. The molecule has 0 fully saturated rings. The molecule has 2 aromatic heterocycles. The molecule has 0 amide bonds. The highest BCUT2D eigenvalue weighted by atomic mass is 15.3. The van der Waals surface area contributed by atoms with Crippen molar-refractivity contribution >= 4 is 32.7 Å². The minimum atomic E-state index is 1.02. The molecule has 0 N–H and O–H groups in total. The third-order valence-electron chi connectivity index (χ3n) is 5.35. The van der Waals surface area contributed by atoms with E-state index in [2.05, 4.69) is 89.6 Å². The summed E-state index contributed by atoms with van der Waals surface area (Å²) in [6, 6.07) is 33.7. The van der Waals surface area contributed by atoms with Gasteiger partial charge in [0, 0.05) is 28.0 Å². The molecule has 0 aliphatic rings. The molecule has 0 bridgehead atoms. The largest absolute Gasteiger partial charge is 0.307 e. The van der Waals surface area contributed by atoms with E-state index in [0.29, 0.717) is 0 Å². The Hall–Kier alpha value is -3.85. The average molecular weight is 359 g/mol. The highest BCUT2D eigenvalue weighted by molar-refractivity contribution is 6.17. The van der Waals surface area contributed by atoms with E-state index < -0.39 is 0 Å². The normalized spacial score (nSPS) is 11.6. The van der Waals surface area contributed by atoms with Crippen LogP contribution in [-0.2, 0) is 0 Å². The molecule has 0 aliphatic carbocycles. The Bertz CT molecular complexity index is 1440. The van der Waals surface area contributed by atoms with Gasteiger partial charge in [0.15, 0.2) is 0 Å². The van der Waals surface area contributed by atoms with Crippen LogP contribution in [0, 0.1) is 0 Å². The zero-order chi connectivity index (χ0) is 18.5.